The fraction of sp³-hybridized carbons (Fsp3) is 0.923. The molecule has 0 saturated heterocycles. The van der Waals surface area contributed by atoms with E-state index < -0.39 is 0 Å². The van der Waals surface area contributed by atoms with Crippen LogP contribution in [0.4, 0.5) is 0 Å². The van der Waals surface area contributed by atoms with Gasteiger partial charge in [-0.1, -0.05) is 13.8 Å². The van der Waals surface area contributed by atoms with Crippen molar-refractivity contribution in [3.8, 4) is 6.07 Å². The number of nitriles is 1. The molecule has 1 atom stereocenters. The number of nitrogens with one attached hydrogen (secondary N) is 1. The minimum Gasteiger partial charge on any atom is -0.316 e. The molecule has 0 aromatic rings. The van der Waals surface area contributed by atoms with Gasteiger partial charge in [-0.05, 0) is 38.3 Å². The van der Waals surface area contributed by atoms with Gasteiger partial charge in [0.2, 0.25) is 0 Å². The van der Waals surface area contributed by atoms with Crippen LogP contribution < -0.4 is 5.32 Å². The maximum Gasteiger partial charge on any atom is 0.0635 e. The topological polar surface area (TPSA) is 39.1 Å². The van der Waals surface area contributed by atoms with Crippen LogP contribution in [-0.4, -0.2) is 37.1 Å². The predicted molar refractivity (Wildman–Crippen MR) is 67.1 cm³/mol. The van der Waals surface area contributed by atoms with Crippen molar-refractivity contribution in [1.29, 1.82) is 5.26 Å². The van der Waals surface area contributed by atoms with E-state index in [1.165, 1.54) is 19.3 Å². The van der Waals surface area contributed by atoms with Gasteiger partial charge < -0.3 is 5.32 Å². The average Bonchev–Trinajstić information content (AvgIpc) is 3.08. The monoisotopic (exact) mass is 223 g/mol. The minimum atomic E-state index is 0.672. The van der Waals surface area contributed by atoms with E-state index in [0.29, 0.717) is 12.3 Å². The molecule has 0 bridgehead atoms. The van der Waals surface area contributed by atoms with Crippen LogP contribution in [0, 0.1) is 17.2 Å². The Morgan fingerprint density at radius 3 is 2.81 bits per heavy atom. The summed E-state index contributed by atoms with van der Waals surface area (Å²) in [4.78, 5) is 2.50. The standard InChI is InChI=1S/C13H25N3/c1-3-8-15-10-12(2)11-16(9-4-7-14)13-5-6-13/h12-13,15H,3-6,8-11H2,1-2H3. The van der Waals surface area contributed by atoms with Crippen LogP contribution in [0.3, 0.4) is 0 Å². The summed E-state index contributed by atoms with van der Waals surface area (Å²) in [6.45, 7) is 8.81. The smallest absolute Gasteiger partial charge is 0.0635 e. The maximum absolute atomic E-state index is 8.64. The van der Waals surface area contributed by atoms with Crippen LogP contribution in [0.5, 0.6) is 0 Å². The highest BCUT2D eigenvalue weighted by Crippen LogP contribution is 2.27. The van der Waals surface area contributed by atoms with E-state index in [9.17, 15) is 0 Å². The summed E-state index contributed by atoms with van der Waals surface area (Å²) in [6, 6.07) is 3.03. The first kappa shape index (κ1) is 13.5. The second-order valence-electron chi connectivity index (χ2n) is 4.94. The first-order valence-corrected chi connectivity index (χ1v) is 6.59. The zero-order valence-electron chi connectivity index (χ0n) is 10.7. The van der Waals surface area contributed by atoms with E-state index in [4.69, 9.17) is 5.26 Å². The molecule has 0 amide bonds. The Kier molecular flexibility index (Phi) is 6.44. The Labute approximate surface area is 99.8 Å². The SMILES string of the molecule is CCCNCC(C)CN(CCC#N)C1CC1. The van der Waals surface area contributed by atoms with Crippen molar-refractivity contribution in [3.05, 3.63) is 0 Å². The van der Waals surface area contributed by atoms with Gasteiger partial charge in [0.25, 0.3) is 0 Å². The normalized spacial score (nSPS) is 17.4. The molecule has 1 rings (SSSR count). The highest BCUT2D eigenvalue weighted by molar-refractivity contribution is 4.87. The molecule has 16 heavy (non-hydrogen) atoms. The van der Waals surface area contributed by atoms with Crippen LogP contribution >= 0.6 is 0 Å². The lowest BCUT2D eigenvalue weighted by atomic mass is 10.1. The fourth-order valence-electron chi connectivity index (χ4n) is 2.05. The van der Waals surface area contributed by atoms with E-state index in [0.717, 1.165) is 32.2 Å². The molecule has 3 nitrogen and oxygen atoms in total. The first-order chi connectivity index (χ1) is 7.77. The largest absolute Gasteiger partial charge is 0.316 e. The third-order valence-electron chi connectivity index (χ3n) is 3.04. The highest BCUT2D eigenvalue weighted by Gasteiger charge is 2.29. The van der Waals surface area contributed by atoms with Crippen molar-refractivity contribution in [2.75, 3.05) is 26.2 Å². The van der Waals surface area contributed by atoms with Gasteiger partial charge in [-0.2, -0.15) is 5.26 Å². The number of nitrogens with zero attached hydrogens (tertiary/aromatic N) is 2. The van der Waals surface area contributed by atoms with Crippen molar-refractivity contribution in [3.63, 3.8) is 0 Å². The van der Waals surface area contributed by atoms with Gasteiger partial charge in [-0.15, -0.1) is 0 Å². The lowest BCUT2D eigenvalue weighted by Crippen LogP contribution is -2.35. The molecule has 0 radical (unpaired) electrons. The zero-order chi connectivity index (χ0) is 11.8. The summed E-state index contributed by atoms with van der Waals surface area (Å²) in [5.41, 5.74) is 0. The summed E-state index contributed by atoms with van der Waals surface area (Å²) in [5, 5.41) is 12.1. The Morgan fingerprint density at radius 2 is 2.25 bits per heavy atom. The second-order valence-corrected chi connectivity index (χ2v) is 4.94. The van der Waals surface area contributed by atoms with Gasteiger partial charge in [0.1, 0.15) is 0 Å². The maximum atomic E-state index is 8.64. The Bertz CT molecular complexity index is 218. The summed E-state index contributed by atoms with van der Waals surface area (Å²) in [6.07, 6.45) is 4.54. The molecule has 3 heteroatoms. The van der Waals surface area contributed by atoms with Crippen LogP contribution in [0.2, 0.25) is 0 Å². The fourth-order valence-corrected chi connectivity index (χ4v) is 2.05. The Morgan fingerprint density at radius 1 is 1.50 bits per heavy atom. The lowest BCUT2D eigenvalue weighted by molar-refractivity contribution is 0.230. The molecule has 92 valence electrons. The Hall–Kier alpha value is -0.590. The average molecular weight is 223 g/mol. The van der Waals surface area contributed by atoms with Gasteiger partial charge in [-0.25, -0.2) is 0 Å². The molecular formula is C13H25N3. The van der Waals surface area contributed by atoms with Crippen molar-refractivity contribution >= 4 is 0 Å². The van der Waals surface area contributed by atoms with E-state index in [1.54, 1.807) is 0 Å². The summed E-state index contributed by atoms with van der Waals surface area (Å²) >= 11 is 0. The third kappa shape index (κ3) is 5.48. The van der Waals surface area contributed by atoms with Crippen molar-refractivity contribution < 1.29 is 0 Å². The molecule has 0 heterocycles. The van der Waals surface area contributed by atoms with E-state index in [-0.39, 0.29) is 0 Å². The van der Waals surface area contributed by atoms with Gasteiger partial charge in [0.15, 0.2) is 0 Å². The first-order valence-electron chi connectivity index (χ1n) is 6.59. The van der Waals surface area contributed by atoms with Gasteiger partial charge in [0, 0.05) is 25.6 Å². The summed E-state index contributed by atoms with van der Waals surface area (Å²) in [7, 11) is 0. The van der Waals surface area contributed by atoms with E-state index >= 15 is 0 Å². The minimum absolute atomic E-state index is 0.672. The van der Waals surface area contributed by atoms with Crippen LogP contribution in [0.1, 0.15) is 39.5 Å². The summed E-state index contributed by atoms with van der Waals surface area (Å²) < 4.78 is 0. The highest BCUT2D eigenvalue weighted by atomic mass is 15.2. The Balaban J connectivity index is 2.17. The van der Waals surface area contributed by atoms with Crippen LogP contribution in [0.25, 0.3) is 0 Å². The molecule has 1 unspecified atom stereocenters. The molecule has 0 aromatic heterocycles. The number of rotatable bonds is 9. The second kappa shape index (κ2) is 7.65. The van der Waals surface area contributed by atoms with Crippen molar-refractivity contribution in [2.45, 2.75) is 45.6 Å². The van der Waals surface area contributed by atoms with Gasteiger partial charge in [0.05, 0.1) is 6.07 Å². The van der Waals surface area contributed by atoms with Crippen molar-refractivity contribution in [1.82, 2.24) is 10.2 Å². The van der Waals surface area contributed by atoms with E-state index in [1.807, 2.05) is 0 Å². The molecule has 0 spiro atoms. The predicted octanol–water partition coefficient (Wildman–Crippen LogP) is 2.00. The number of hydrogen-bond donors (Lipinski definition) is 1. The summed E-state index contributed by atoms with van der Waals surface area (Å²) in [5.74, 6) is 0.686. The quantitative estimate of drug-likeness (QED) is 0.608. The third-order valence-corrected chi connectivity index (χ3v) is 3.04. The van der Waals surface area contributed by atoms with Crippen LogP contribution in [-0.2, 0) is 0 Å². The van der Waals surface area contributed by atoms with Crippen molar-refractivity contribution in [2.24, 2.45) is 5.92 Å². The van der Waals surface area contributed by atoms with E-state index in [2.05, 4.69) is 30.1 Å². The molecule has 1 saturated carbocycles. The molecule has 0 aromatic carbocycles. The van der Waals surface area contributed by atoms with Crippen LogP contribution in [0.15, 0.2) is 0 Å². The molecule has 1 aliphatic carbocycles. The molecule has 1 N–H and O–H groups in total. The molecular weight excluding hydrogens is 198 g/mol. The lowest BCUT2D eigenvalue weighted by Gasteiger charge is -2.24. The molecule has 1 aliphatic rings. The molecule has 1 fully saturated rings. The molecule has 0 aliphatic heterocycles. The van der Waals surface area contributed by atoms with Gasteiger partial charge in [-0.3, -0.25) is 4.90 Å². The zero-order valence-corrected chi connectivity index (χ0v) is 10.7. The van der Waals surface area contributed by atoms with Gasteiger partial charge >= 0.3 is 0 Å². The number of hydrogen-bond acceptors (Lipinski definition) is 3.